The number of hydrogen-bond acceptors (Lipinski definition) is 4. The van der Waals surface area contributed by atoms with Gasteiger partial charge in [0, 0.05) is 15.5 Å². The van der Waals surface area contributed by atoms with Gasteiger partial charge in [0.05, 0.1) is 29.4 Å². The Hall–Kier alpha value is -1.85. The van der Waals surface area contributed by atoms with Crippen LogP contribution in [0.2, 0.25) is 5.02 Å². The zero-order chi connectivity index (χ0) is 15.9. The van der Waals surface area contributed by atoms with Crippen LogP contribution in [-0.4, -0.2) is 29.9 Å². The van der Waals surface area contributed by atoms with Crippen LogP contribution in [0.25, 0.3) is 0 Å². The lowest BCUT2D eigenvalue weighted by Crippen LogP contribution is -2.13. The maximum Gasteiger partial charge on any atom is 0.118 e. The van der Waals surface area contributed by atoms with E-state index in [0.29, 0.717) is 15.6 Å². The van der Waals surface area contributed by atoms with Crippen LogP contribution < -0.4 is 4.74 Å². The standard InChI is InChI=1S/C16H16ClNO3S/c1-20-14-7-9-15(10-8-14)22(19)11-16(18-21-2)12-3-5-13(17)6-4-12/h3-10H,11H2,1-2H3/b18-16-. The highest BCUT2D eigenvalue weighted by molar-refractivity contribution is 7.85. The quantitative estimate of drug-likeness (QED) is 0.598. The summed E-state index contributed by atoms with van der Waals surface area (Å²) < 4.78 is 17.6. The van der Waals surface area contributed by atoms with E-state index >= 15 is 0 Å². The second kappa shape index (κ2) is 7.96. The predicted octanol–water partition coefficient (Wildman–Crippen LogP) is 3.51. The first kappa shape index (κ1) is 16.5. The molecule has 2 aromatic rings. The van der Waals surface area contributed by atoms with Crippen molar-refractivity contribution in [3.8, 4) is 5.75 Å². The summed E-state index contributed by atoms with van der Waals surface area (Å²) in [6.45, 7) is 0. The van der Waals surface area contributed by atoms with Gasteiger partial charge in [0.25, 0.3) is 0 Å². The number of hydrogen-bond donors (Lipinski definition) is 0. The molecule has 22 heavy (non-hydrogen) atoms. The van der Waals surface area contributed by atoms with Crippen molar-refractivity contribution in [3.63, 3.8) is 0 Å². The summed E-state index contributed by atoms with van der Waals surface area (Å²) in [4.78, 5) is 5.57. The van der Waals surface area contributed by atoms with Gasteiger partial charge in [-0.3, -0.25) is 4.21 Å². The molecule has 2 rings (SSSR count). The molecule has 0 radical (unpaired) electrons. The number of oxime groups is 1. The lowest BCUT2D eigenvalue weighted by atomic mass is 10.1. The molecule has 0 aliphatic carbocycles. The maximum absolute atomic E-state index is 12.5. The molecule has 4 nitrogen and oxygen atoms in total. The van der Waals surface area contributed by atoms with E-state index < -0.39 is 10.8 Å². The molecule has 116 valence electrons. The van der Waals surface area contributed by atoms with Gasteiger partial charge >= 0.3 is 0 Å². The van der Waals surface area contributed by atoms with E-state index in [2.05, 4.69) is 5.16 Å². The smallest absolute Gasteiger partial charge is 0.118 e. The highest BCUT2D eigenvalue weighted by atomic mass is 35.5. The number of halogens is 1. The number of methoxy groups -OCH3 is 1. The van der Waals surface area contributed by atoms with E-state index in [-0.39, 0.29) is 5.75 Å². The first-order valence-electron chi connectivity index (χ1n) is 6.52. The van der Waals surface area contributed by atoms with Crippen LogP contribution >= 0.6 is 11.6 Å². The van der Waals surface area contributed by atoms with Gasteiger partial charge in [0.2, 0.25) is 0 Å². The Labute approximate surface area is 137 Å². The number of benzene rings is 2. The summed E-state index contributed by atoms with van der Waals surface area (Å²) in [5.74, 6) is 0.978. The molecule has 0 aliphatic rings. The van der Waals surface area contributed by atoms with Crippen molar-refractivity contribution >= 4 is 28.1 Å². The Morgan fingerprint density at radius 2 is 1.73 bits per heavy atom. The van der Waals surface area contributed by atoms with Gasteiger partial charge in [0.15, 0.2) is 0 Å². The number of nitrogens with zero attached hydrogens (tertiary/aromatic N) is 1. The molecular weight excluding hydrogens is 322 g/mol. The van der Waals surface area contributed by atoms with Gasteiger partial charge in [0.1, 0.15) is 12.9 Å². The molecule has 0 fully saturated rings. The van der Waals surface area contributed by atoms with Crippen LogP contribution in [0.4, 0.5) is 0 Å². The summed E-state index contributed by atoms with van der Waals surface area (Å²) in [6.07, 6.45) is 0. The average molecular weight is 338 g/mol. The Morgan fingerprint density at radius 3 is 2.27 bits per heavy atom. The van der Waals surface area contributed by atoms with E-state index in [0.717, 1.165) is 11.3 Å². The SMILES string of the molecule is CO/N=C(/CS(=O)c1ccc(OC)cc1)c1ccc(Cl)cc1. The third kappa shape index (κ3) is 4.32. The van der Waals surface area contributed by atoms with Crippen molar-refractivity contribution < 1.29 is 13.8 Å². The predicted molar refractivity (Wildman–Crippen MR) is 89.3 cm³/mol. The van der Waals surface area contributed by atoms with Crippen LogP contribution in [0.5, 0.6) is 5.75 Å². The van der Waals surface area contributed by atoms with Crippen LogP contribution in [0.15, 0.2) is 58.6 Å². The minimum Gasteiger partial charge on any atom is -0.497 e. The molecule has 1 unspecified atom stereocenters. The van der Waals surface area contributed by atoms with E-state index in [1.807, 2.05) is 12.1 Å². The molecule has 0 aliphatic heterocycles. The van der Waals surface area contributed by atoms with E-state index in [4.69, 9.17) is 21.2 Å². The molecule has 2 aromatic carbocycles. The zero-order valence-corrected chi connectivity index (χ0v) is 13.9. The number of rotatable bonds is 6. The zero-order valence-electron chi connectivity index (χ0n) is 12.3. The first-order valence-corrected chi connectivity index (χ1v) is 8.22. The normalized spacial score (nSPS) is 12.8. The minimum absolute atomic E-state index is 0.252. The summed E-state index contributed by atoms with van der Waals surface area (Å²) in [5.41, 5.74) is 1.43. The summed E-state index contributed by atoms with van der Waals surface area (Å²) in [7, 11) is 1.83. The molecule has 0 saturated heterocycles. The molecule has 1 atom stereocenters. The Kier molecular flexibility index (Phi) is 5.98. The second-order valence-electron chi connectivity index (χ2n) is 4.39. The highest BCUT2D eigenvalue weighted by Crippen LogP contribution is 2.16. The molecule has 0 saturated carbocycles. The summed E-state index contributed by atoms with van der Waals surface area (Å²) in [6, 6.07) is 14.3. The van der Waals surface area contributed by atoms with Crippen LogP contribution in [-0.2, 0) is 15.6 Å². The molecular formula is C16H16ClNO3S. The van der Waals surface area contributed by atoms with Gasteiger partial charge in [-0.15, -0.1) is 0 Å². The Balaban J connectivity index is 2.18. The second-order valence-corrected chi connectivity index (χ2v) is 6.28. The molecule has 0 spiro atoms. The van der Waals surface area contributed by atoms with E-state index in [1.54, 1.807) is 43.5 Å². The van der Waals surface area contributed by atoms with Gasteiger partial charge in [-0.05, 0) is 36.4 Å². The van der Waals surface area contributed by atoms with Gasteiger partial charge in [-0.25, -0.2) is 0 Å². The van der Waals surface area contributed by atoms with Crippen molar-refractivity contribution in [2.75, 3.05) is 20.0 Å². The molecule has 6 heteroatoms. The number of ether oxygens (including phenoxy) is 1. The first-order chi connectivity index (χ1) is 10.6. The third-order valence-electron chi connectivity index (χ3n) is 2.97. The van der Waals surface area contributed by atoms with Crippen LogP contribution in [0, 0.1) is 0 Å². The third-order valence-corrected chi connectivity index (χ3v) is 4.55. The van der Waals surface area contributed by atoms with Crippen molar-refractivity contribution in [2.24, 2.45) is 5.16 Å². The van der Waals surface area contributed by atoms with Gasteiger partial charge in [-0.2, -0.15) is 0 Å². The monoisotopic (exact) mass is 337 g/mol. The fourth-order valence-corrected chi connectivity index (χ4v) is 3.05. The van der Waals surface area contributed by atoms with Crippen molar-refractivity contribution in [1.82, 2.24) is 0 Å². The molecule has 0 bridgehead atoms. The maximum atomic E-state index is 12.5. The fourth-order valence-electron chi connectivity index (χ4n) is 1.85. The van der Waals surface area contributed by atoms with Crippen molar-refractivity contribution in [2.45, 2.75) is 4.90 Å². The summed E-state index contributed by atoms with van der Waals surface area (Å²) >= 11 is 5.88. The topological polar surface area (TPSA) is 47.9 Å². The molecule has 0 heterocycles. The van der Waals surface area contributed by atoms with Crippen molar-refractivity contribution in [3.05, 3.63) is 59.1 Å². The lowest BCUT2D eigenvalue weighted by molar-refractivity contribution is 0.213. The van der Waals surface area contributed by atoms with E-state index in [1.165, 1.54) is 7.11 Å². The largest absolute Gasteiger partial charge is 0.497 e. The summed E-state index contributed by atoms with van der Waals surface area (Å²) in [5, 5.41) is 4.62. The highest BCUT2D eigenvalue weighted by Gasteiger charge is 2.12. The molecule has 0 aromatic heterocycles. The molecule has 0 amide bonds. The van der Waals surface area contributed by atoms with Crippen LogP contribution in [0.3, 0.4) is 0 Å². The lowest BCUT2D eigenvalue weighted by Gasteiger charge is -2.07. The minimum atomic E-state index is -1.23. The van der Waals surface area contributed by atoms with Crippen molar-refractivity contribution in [1.29, 1.82) is 0 Å². The Morgan fingerprint density at radius 1 is 1.09 bits per heavy atom. The van der Waals surface area contributed by atoms with Gasteiger partial charge in [-0.1, -0.05) is 28.9 Å². The average Bonchev–Trinajstić information content (AvgIpc) is 2.55. The molecule has 0 N–H and O–H groups in total. The van der Waals surface area contributed by atoms with E-state index in [9.17, 15) is 4.21 Å². The van der Waals surface area contributed by atoms with Gasteiger partial charge < -0.3 is 9.57 Å². The fraction of sp³-hybridized carbons (Fsp3) is 0.188. The Bertz CT molecular complexity index is 669. The van der Waals surface area contributed by atoms with Crippen LogP contribution in [0.1, 0.15) is 5.56 Å².